The molecule has 0 aromatic carbocycles. The molecule has 0 bridgehead atoms. The molecule has 0 saturated carbocycles. The molecule has 0 fully saturated rings. The van der Waals surface area contributed by atoms with E-state index in [1.807, 2.05) is 36.5 Å². The zero-order chi connectivity index (χ0) is 19.1. The van der Waals surface area contributed by atoms with Crippen molar-refractivity contribution in [1.82, 2.24) is 19.9 Å². The number of pyridine rings is 3. The molecule has 0 atom stereocenters. The van der Waals surface area contributed by atoms with Crippen molar-refractivity contribution in [3.05, 3.63) is 77.6 Å². The van der Waals surface area contributed by atoms with Crippen LogP contribution in [0.15, 0.2) is 55.0 Å². The Bertz CT molecular complexity index is 836. The van der Waals surface area contributed by atoms with Crippen LogP contribution in [0, 0.1) is 6.92 Å². The monoisotopic (exact) mass is 364 g/mol. The van der Waals surface area contributed by atoms with Gasteiger partial charge < -0.3 is 9.47 Å². The second-order valence-electron chi connectivity index (χ2n) is 6.34. The Labute approximate surface area is 159 Å². The van der Waals surface area contributed by atoms with Gasteiger partial charge in [-0.25, -0.2) is 0 Å². The van der Waals surface area contributed by atoms with Gasteiger partial charge in [0.05, 0.1) is 31.3 Å². The molecule has 3 heterocycles. The van der Waals surface area contributed by atoms with E-state index >= 15 is 0 Å². The van der Waals surface area contributed by atoms with Gasteiger partial charge in [-0.2, -0.15) is 0 Å². The summed E-state index contributed by atoms with van der Waals surface area (Å²) in [5.41, 5.74) is 4.08. The molecule has 27 heavy (non-hydrogen) atoms. The topological polar surface area (TPSA) is 60.4 Å². The van der Waals surface area contributed by atoms with Gasteiger partial charge in [0, 0.05) is 50.4 Å². The Morgan fingerprint density at radius 2 is 1.15 bits per heavy atom. The minimum atomic E-state index is 0.658. The summed E-state index contributed by atoms with van der Waals surface area (Å²) in [4.78, 5) is 15.7. The molecule has 140 valence electrons. The van der Waals surface area contributed by atoms with E-state index in [1.165, 1.54) is 5.56 Å². The van der Waals surface area contributed by atoms with Gasteiger partial charge in [-0.1, -0.05) is 0 Å². The maximum atomic E-state index is 5.32. The molecule has 0 amide bonds. The number of aromatic nitrogens is 3. The third kappa shape index (κ3) is 5.49. The first kappa shape index (κ1) is 18.8. The molecule has 6 nitrogen and oxygen atoms in total. The quantitative estimate of drug-likeness (QED) is 0.610. The molecule has 3 aromatic heterocycles. The summed E-state index contributed by atoms with van der Waals surface area (Å²) in [6.07, 6.45) is 5.37. The Morgan fingerprint density at radius 3 is 1.59 bits per heavy atom. The SMILES string of the molecule is COc1ccnc(CN(Cc2cc(C)ccn2)Cc2cc(OC)ccn2)c1. The van der Waals surface area contributed by atoms with Crippen molar-refractivity contribution >= 4 is 0 Å². The molecule has 0 N–H and O–H groups in total. The van der Waals surface area contributed by atoms with Gasteiger partial charge in [-0.15, -0.1) is 0 Å². The van der Waals surface area contributed by atoms with Crippen LogP contribution in [-0.2, 0) is 19.6 Å². The standard InChI is InChI=1S/C21H24N4O2/c1-16-4-7-22-17(10-16)13-25(14-18-11-20(26-2)5-8-23-18)15-19-12-21(27-3)6-9-24-19/h4-12H,13-15H2,1-3H3. The Balaban J connectivity index is 1.82. The third-order valence-electron chi connectivity index (χ3n) is 4.18. The molecule has 0 radical (unpaired) electrons. The fourth-order valence-corrected chi connectivity index (χ4v) is 2.88. The molecule has 3 aromatic rings. The van der Waals surface area contributed by atoms with Crippen molar-refractivity contribution in [2.75, 3.05) is 14.2 Å². The molecule has 0 saturated heterocycles. The number of nitrogens with zero attached hydrogens (tertiary/aromatic N) is 4. The average molecular weight is 364 g/mol. The number of ether oxygens (including phenoxy) is 2. The zero-order valence-corrected chi connectivity index (χ0v) is 15.9. The smallest absolute Gasteiger partial charge is 0.122 e. The molecule has 0 aliphatic heterocycles. The number of hydrogen-bond donors (Lipinski definition) is 0. The van der Waals surface area contributed by atoms with Gasteiger partial charge in [-0.05, 0) is 36.8 Å². The maximum absolute atomic E-state index is 5.32. The van der Waals surface area contributed by atoms with E-state index in [0.29, 0.717) is 19.6 Å². The van der Waals surface area contributed by atoms with E-state index in [-0.39, 0.29) is 0 Å². The second-order valence-corrected chi connectivity index (χ2v) is 6.34. The summed E-state index contributed by atoms with van der Waals surface area (Å²) in [6, 6.07) is 11.7. The van der Waals surface area contributed by atoms with E-state index in [2.05, 4.69) is 32.8 Å². The highest BCUT2D eigenvalue weighted by molar-refractivity contribution is 5.24. The Kier molecular flexibility index (Phi) is 6.33. The second kappa shape index (κ2) is 9.09. The number of hydrogen-bond acceptors (Lipinski definition) is 6. The lowest BCUT2D eigenvalue weighted by molar-refractivity contribution is 0.238. The molecular formula is C21H24N4O2. The zero-order valence-electron chi connectivity index (χ0n) is 15.9. The molecule has 0 aliphatic carbocycles. The summed E-state index contributed by atoms with van der Waals surface area (Å²) in [5.74, 6) is 1.60. The summed E-state index contributed by atoms with van der Waals surface area (Å²) in [5, 5.41) is 0. The molecule has 0 spiro atoms. The van der Waals surface area contributed by atoms with Crippen molar-refractivity contribution in [2.24, 2.45) is 0 Å². The van der Waals surface area contributed by atoms with Crippen LogP contribution in [0.3, 0.4) is 0 Å². The largest absolute Gasteiger partial charge is 0.497 e. The van der Waals surface area contributed by atoms with E-state index in [0.717, 1.165) is 28.6 Å². The molecule has 0 unspecified atom stereocenters. The van der Waals surface area contributed by atoms with E-state index in [9.17, 15) is 0 Å². The van der Waals surface area contributed by atoms with Gasteiger partial charge in [0.15, 0.2) is 0 Å². The Hall–Kier alpha value is -2.99. The number of rotatable bonds is 8. The molecule has 6 heteroatoms. The minimum absolute atomic E-state index is 0.658. The lowest BCUT2D eigenvalue weighted by Crippen LogP contribution is -2.24. The highest BCUT2D eigenvalue weighted by Crippen LogP contribution is 2.17. The van der Waals surface area contributed by atoms with Gasteiger partial charge in [-0.3, -0.25) is 19.9 Å². The first-order valence-electron chi connectivity index (χ1n) is 8.78. The van der Waals surface area contributed by atoms with Crippen LogP contribution in [0.2, 0.25) is 0 Å². The van der Waals surface area contributed by atoms with Crippen molar-refractivity contribution in [3.8, 4) is 11.5 Å². The lowest BCUT2D eigenvalue weighted by atomic mass is 10.2. The van der Waals surface area contributed by atoms with Gasteiger partial charge >= 0.3 is 0 Å². The van der Waals surface area contributed by atoms with Crippen LogP contribution in [0.4, 0.5) is 0 Å². The van der Waals surface area contributed by atoms with Crippen molar-refractivity contribution in [2.45, 2.75) is 26.6 Å². The average Bonchev–Trinajstić information content (AvgIpc) is 2.68. The highest BCUT2D eigenvalue weighted by Gasteiger charge is 2.12. The number of aryl methyl sites for hydroxylation is 1. The molecule has 0 aliphatic rings. The van der Waals surface area contributed by atoms with E-state index in [4.69, 9.17) is 9.47 Å². The predicted molar refractivity (Wildman–Crippen MR) is 104 cm³/mol. The summed E-state index contributed by atoms with van der Waals surface area (Å²) < 4.78 is 10.6. The molecular weight excluding hydrogens is 340 g/mol. The van der Waals surface area contributed by atoms with Crippen LogP contribution in [0.5, 0.6) is 11.5 Å². The maximum Gasteiger partial charge on any atom is 0.122 e. The van der Waals surface area contributed by atoms with Gasteiger partial charge in [0.25, 0.3) is 0 Å². The van der Waals surface area contributed by atoms with E-state index < -0.39 is 0 Å². The van der Waals surface area contributed by atoms with Crippen LogP contribution >= 0.6 is 0 Å². The van der Waals surface area contributed by atoms with E-state index in [1.54, 1.807) is 26.6 Å². The fourth-order valence-electron chi connectivity index (χ4n) is 2.88. The van der Waals surface area contributed by atoms with Crippen molar-refractivity contribution in [3.63, 3.8) is 0 Å². The number of methoxy groups -OCH3 is 2. The predicted octanol–water partition coefficient (Wildman–Crippen LogP) is 3.40. The van der Waals surface area contributed by atoms with Crippen molar-refractivity contribution in [1.29, 1.82) is 0 Å². The normalized spacial score (nSPS) is 10.8. The van der Waals surface area contributed by atoms with Crippen LogP contribution in [0.25, 0.3) is 0 Å². The van der Waals surface area contributed by atoms with Crippen molar-refractivity contribution < 1.29 is 9.47 Å². The summed E-state index contributed by atoms with van der Waals surface area (Å²) in [6.45, 7) is 4.08. The lowest BCUT2D eigenvalue weighted by Gasteiger charge is -2.22. The third-order valence-corrected chi connectivity index (χ3v) is 4.18. The van der Waals surface area contributed by atoms with Gasteiger partial charge in [0.2, 0.25) is 0 Å². The van der Waals surface area contributed by atoms with Crippen LogP contribution in [0.1, 0.15) is 22.6 Å². The summed E-state index contributed by atoms with van der Waals surface area (Å²) >= 11 is 0. The van der Waals surface area contributed by atoms with Crippen LogP contribution < -0.4 is 9.47 Å². The summed E-state index contributed by atoms with van der Waals surface area (Å²) in [7, 11) is 3.32. The Morgan fingerprint density at radius 1 is 0.704 bits per heavy atom. The molecule has 3 rings (SSSR count). The highest BCUT2D eigenvalue weighted by atomic mass is 16.5. The van der Waals surface area contributed by atoms with Crippen LogP contribution in [-0.4, -0.2) is 34.1 Å². The fraction of sp³-hybridized carbons (Fsp3) is 0.286. The first-order valence-corrected chi connectivity index (χ1v) is 8.78. The van der Waals surface area contributed by atoms with Gasteiger partial charge in [0.1, 0.15) is 11.5 Å². The minimum Gasteiger partial charge on any atom is -0.497 e. The first-order chi connectivity index (χ1) is 13.2.